The number of esters is 1. The Morgan fingerprint density at radius 1 is 0.714 bits per heavy atom. The van der Waals surface area contributed by atoms with E-state index < -0.39 is 40.7 Å². The molecule has 0 radical (unpaired) electrons. The second kappa shape index (κ2) is 6.49. The summed E-state index contributed by atoms with van der Waals surface area (Å²) in [5, 5.41) is 0.555. The van der Waals surface area contributed by atoms with Crippen molar-refractivity contribution in [2.75, 3.05) is 0 Å². The molecule has 0 atom stereocenters. The summed E-state index contributed by atoms with van der Waals surface area (Å²) < 4.78 is 5.27. The van der Waals surface area contributed by atoms with Gasteiger partial charge in [-0.2, -0.15) is 0 Å². The van der Waals surface area contributed by atoms with Crippen LogP contribution in [0.4, 0.5) is 0 Å². The van der Waals surface area contributed by atoms with Gasteiger partial charge in [0, 0.05) is 25.7 Å². The zero-order valence-electron chi connectivity index (χ0n) is 15.4. The minimum absolute atomic E-state index is 0.0344. The van der Waals surface area contributed by atoms with Gasteiger partial charge in [-0.25, -0.2) is 4.79 Å². The van der Waals surface area contributed by atoms with E-state index in [0.29, 0.717) is 43.6 Å². The molecule has 150 valence electrons. The molecule has 5 fully saturated rings. The average Bonchev–Trinajstić information content (AvgIpc) is 3.19. The summed E-state index contributed by atoms with van der Waals surface area (Å²) in [5.74, 6) is -2.93. The Morgan fingerprint density at radius 2 is 1.14 bits per heavy atom. The first-order valence-corrected chi connectivity index (χ1v) is 9.61. The number of nitrogens with zero attached hydrogens (tertiary/aromatic N) is 1. The second-order valence-corrected chi connectivity index (χ2v) is 8.24. The van der Waals surface area contributed by atoms with Gasteiger partial charge in [-0.1, -0.05) is 0 Å². The monoisotopic (exact) mass is 391 g/mol. The molecular formula is C19H21NO8. The minimum atomic E-state index is -1.28. The van der Waals surface area contributed by atoms with Gasteiger partial charge >= 0.3 is 11.9 Å². The highest BCUT2D eigenvalue weighted by Crippen LogP contribution is 2.58. The maximum atomic E-state index is 12.7. The number of ketones is 2. The van der Waals surface area contributed by atoms with Crippen molar-refractivity contribution >= 4 is 35.3 Å². The van der Waals surface area contributed by atoms with Gasteiger partial charge in [-0.3, -0.25) is 24.0 Å². The quantitative estimate of drug-likeness (QED) is 0.391. The number of hydrogen-bond donors (Lipinski definition) is 0. The van der Waals surface area contributed by atoms with Gasteiger partial charge in [0.1, 0.15) is 0 Å². The highest BCUT2D eigenvalue weighted by molar-refractivity contribution is 6.12. The summed E-state index contributed by atoms with van der Waals surface area (Å²) in [4.78, 5) is 77.4. The number of hydrogen-bond acceptors (Lipinski definition) is 8. The number of ether oxygens (including phenoxy) is 1. The number of hydroxylamine groups is 2. The molecule has 9 heteroatoms. The Bertz CT molecular complexity index is 677. The lowest BCUT2D eigenvalue weighted by atomic mass is 9.53. The van der Waals surface area contributed by atoms with Crippen molar-refractivity contribution in [3.05, 3.63) is 0 Å². The van der Waals surface area contributed by atoms with Crippen LogP contribution in [0.5, 0.6) is 0 Å². The van der Waals surface area contributed by atoms with E-state index in [4.69, 9.17) is 9.57 Å². The maximum Gasteiger partial charge on any atom is 0.339 e. The van der Waals surface area contributed by atoms with Crippen molar-refractivity contribution in [2.24, 2.45) is 10.8 Å². The van der Waals surface area contributed by atoms with Crippen LogP contribution < -0.4 is 0 Å². The largest absolute Gasteiger partial charge is 0.446 e. The van der Waals surface area contributed by atoms with Crippen LogP contribution in [-0.2, 0) is 38.3 Å². The first-order valence-electron chi connectivity index (χ1n) is 9.61. The van der Waals surface area contributed by atoms with Gasteiger partial charge in [0.25, 0.3) is 11.8 Å². The summed E-state index contributed by atoms with van der Waals surface area (Å²) in [6.07, 6.45) is 1.21. The summed E-state index contributed by atoms with van der Waals surface area (Å²) in [7, 11) is 0. The Labute approximate surface area is 160 Å². The Morgan fingerprint density at radius 3 is 1.61 bits per heavy atom. The lowest BCUT2D eigenvalue weighted by Crippen LogP contribution is -2.52. The summed E-state index contributed by atoms with van der Waals surface area (Å²) in [5.41, 5.74) is -1.63. The van der Waals surface area contributed by atoms with Crippen LogP contribution in [0.1, 0.15) is 64.2 Å². The minimum Gasteiger partial charge on any atom is -0.446 e. The molecule has 4 saturated carbocycles. The van der Waals surface area contributed by atoms with Crippen LogP contribution in [-0.4, -0.2) is 46.5 Å². The smallest absolute Gasteiger partial charge is 0.339 e. The van der Waals surface area contributed by atoms with E-state index in [9.17, 15) is 28.8 Å². The Hall–Kier alpha value is -2.58. The molecule has 1 aliphatic heterocycles. The van der Waals surface area contributed by atoms with Crippen LogP contribution in [0, 0.1) is 10.8 Å². The molecule has 0 N–H and O–H groups in total. The molecule has 5 aliphatic rings. The van der Waals surface area contributed by atoms with Crippen LogP contribution in [0.25, 0.3) is 0 Å². The number of fused-ring (bicyclic) bond motifs is 3. The van der Waals surface area contributed by atoms with Crippen LogP contribution in [0.2, 0.25) is 0 Å². The third-order valence-electron chi connectivity index (χ3n) is 6.72. The normalized spacial score (nSPS) is 32.9. The van der Waals surface area contributed by atoms with Crippen molar-refractivity contribution in [3.8, 4) is 0 Å². The third-order valence-corrected chi connectivity index (χ3v) is 6.72. The molecule has 0 aromatic heterocycles. The van der Waals surface area contributed by atoms with Gasteiger partial charge in [0.15, 0.2) is 11.6 Å². The molecule has 0 aromatic rings. The predicted molar refractivity (Wildman–Crippen MR) is 88.9 cm³/mol. The van der Waals surface area contributed by atoms with Gasteiger partial charge in [-0.15, -0.1) is 5.06 Å². The zero-order valence-corrected chi connectivity index (χ0v) is 15.4. The molecule has 0 spiro atoms. The van der Waals surface area contributed by atoms with Crippen LogP contribution in [0.3, 0.4) is 0 Å². The Kier molecular flexibility index (Phi) is 4.35. The highest BCUT2D eigenvalue weighted by atomic mass is 16.7. The van der Waals surface area contributed by atoms with E-state index in [2.05, 4.69) is 0 Å². The molecule has 2 bridgehead atoms. The first kappa shape index (κ1) is 18.8. The molecule has 2 amide bonds. The van der Waals surface area contributed by atoms with Crippen LogP contribution in [0.15, 0.2) is 0 Å². The topological polar surface area (TPSA) is 124 Å². The predicted octanol–water partition coefficient (Wildman–Crippen LogP) is 0.778. The second-order valence-electron chi connectivity index (χ2n) is 8.24. The van der Waals surface area contributed by atoms with E-state index in [1.807, 2.05) is 0 Å². The lowest BCUT2D eigenvalue weighted by Gasteiger charge is -2.50. The van der Waals surface area contributed by atoms with Gasteiger partial charge in [-0.05, 0) is 38.5 Å². The number of carbonyl (C=O) groups is 6. The van der Waals surface area contributed by atoms with Crippen molar-refractivity contribution in [1.82, 2.24) is 5.06 Å². The van der Waals surface area contributed by atoms with E-state index in [1.54, 1.807) is 0 Å². The summed E-state index contributed by atoms with van der Waals surface area (Å²) >= 11 is 0. The van der Waals surface area contributed by atoms with Gasteiger partial charge < -0.3 is 9.57 Å². The van der Waals surface area contributed by atoms with E-state index in [0.717, 1.165) is 0 Å². The van der Waals surface area contributed by atoms with Gasteiger partial charge in [0.2, 0.25) is 6.10 Å². The molecular weight excluding hydrogens is 370 g/mol. The SMILES string of the molecule is O=C1CCC(=O)C1OC(=O)C12CCC(C(=O)ON3C(=O)CCC3=O)(CC1)CC2. The lowest BCUT2D eigenvalue weighted by molar-refractivity contribution is -0.212. The van der Waals surface area contributed by atoms with Crippen molar-refractivity contribution in [1.29, 1.82) is 0 Å². The standard InChI is InChI=1S/C19H21NO8/c21-11-1-2-12(22)15(11)27-16(25)18-5-8-19(9-6-18,10-7-18)17(26)28-20-13(23)3-4-14(20)24/h15H,1-10H2. The number of carbonyl (C=O) groups excluding carboxylic acids is 6. The number of amides is 2. The highest BCUT2D eigenvalue weighted by Gasteiger charge is 2.58. The molecule has 5 rings (SSSR count). The van der Waals surface area contributed by atoms with E-state index >= 15 is 0 Å². The third kappa shape index (κ3) is 2.84. The number of rotatable bonds is 4. The number of imide groups is 1. The first-order chi connectivity index (χ1) is 13.3. The fourth-order valence-corrected chi connectivity index (χ4v) is 4.69. The molecule has 1 saturated heterocycles. The van der Waals surface area contributed by atoms with Crippen molar-refractivity contribution in [2.45, 2.75) is 70.3 Å². The average molecular weight is 391 g/mol. The molecule has 0 aromatic carbocycles. The molecule has 1 heterocycles. The Balaban J connectivity index is 1.40. The fourth-order valence-electron chi connectivity index (χ4n) is 4.69. The summed E-state index contributed by atoms with van der Waals surface area (Å²) in [6, 6.07) is 0. The van der Waals surface area contributed by atoms with Crippen molar-refractivity contribution < 1.29 is 38.3 Å². The molecule has 9 nitrogen and oxygen atoms in total. The zero-order chi connectivity index (χ0) is 20.1. The maximum absolute atomic E-state index is 12.7. The van der Waals surface area contributed by atoms with Crippen LogP contribution >= 0.6 is 0 Å². The molecule has 0 unspecified atom stereocenters. The molecule has 28 heavy (non-hydrogen) atoms. The van der Waals surface area contributed by atoms with E-state index in [1.165, 1.54) is 0 Å². The van der Waals surface area contributed by atoms with E-state index in [-0.39, 0.29) is 37.2 Å². The van der Waals surface area contributed by atoms with Gasteiger partial charge in [0.05, 0.1) is 10.8 Å². The fraction of sp³-hybridized carbons (Fsp3) is 0.684. The van der Waals surface area contributed by atoms with Crippen molar-refractivity contribution in [3.63, 3.8) is 0 Å². The summed E-state index contributed by atoms with van der Waals surface area (Å²) in [6.45, 7) is 0. The molecule has 4 aliphatic carbocycles. The number of Topliss-reactive ketones (excluding diaryl/α,β-unsaturated/α-hetero) is 2.